The lowest BCUT2D eigenvalue weighted by molar-refractivity contribution is -0.274. The first-order valence-electron chi connectivity index (χ1n) is 9.17. The van der Waals surface area contributed by atoms with Crippen LogP contribution < -0.4 is 14.8 Å². The molecule has 0 heterocycles. The molecule has 3 aromatic rings. The molecule has 3 nitrogen and oxygen atoms in total. The molecular weight excluding hydrogens is 379 g/mol. The molecule has 0 aliphatic rings. The SMILES string of the molecule is COc1ccc(CN[C@H](C)c2ccccc2)cc1-c1cccc(OC(F)(F)F)c1. The van der Waals surface area contributed by atoms with Gasteiger partial charge in [-0.15, -0.1) is 13.2 Å². The summed E-state index contributed by atoms with van der Waals surface area (Å²) < 4.78 is 47.1. The fraction of sp³-hybridized carbons (Fsp3) is 0.217. The summed E-state index contributed by atoms with van der Waals surface area (Å²) in [4.78, 5) is 0. The molecule has 0 bridgehead atoms. The quantitative estimate of drug-likeness (QED) is 0.518. The minimum absolute atomic E-state index is 0.158. The van der Waals surface area contributed by atoms with Gasteiger partial charge < -0.3 is 14.8 Å². The van der Waals surface area contributed by atoms with E-state index >= 15 is 0 Å². The van der Waals surface area contributed by atoms with Crippen LogP contribution in [-0.4, -0.2) is 13.5 Å². The van der Waals surface area contributed by atoms with Crippen LogP contribution in [0.1, 0.15) is 24.1 Å². The van der Waals surface area contributed by atoms with Gasteiger partial charge in [0.05, 0.1) is 7.11 Å². The fourth-order valence-corrected chi connectivity index (χ4v) is 3.08. The van der Waals surface area contributed by atoms with Crippen molar-refractivity contribution in [2.45, 2.75) is 25.9 Å². The third-order valence-corrected chi connectivity index (χ3v) is 4.55. The van der Waals surface area contributed by atoms with Crippen LogP contribution in [0.4, 0.5) is 13.2 Å². The predicted octanol–water partition coefficient (Wildman–Crippen LogP) is 6.11. The van der Waals surface area contributed by atoms with Crippen molar-refractivity contribution < 1.29 is 22.6 Å². The van der Waals surface area contributed by atoms with Crippen molar-refractivity contribution in [3.8, 4) is 22.6 Å². The topological polar surface area (TPSA) is 30.5 Å². The van der Waals surface area contributed by atoms with Crippen LogP contribution in [-0.2, 0) is 6.54 Å². The molecule has 1 atom stereocenters. The number of rotatable bonds is 7. The van der Waals surface area contributed by atoms with Crippen LogP contribution in [0.25, 0.3) is 11.1 Å². The second-order valence-corrected chi connectivity index (χ2v) is 6.62. The molecule has 0 fully saturated rings. The summed E-state index contributed by atoms with van der Waals surface area (Å²) in [6.07, 6.45) is -4.73. The summed E-state index contributed by atoms with van der Waals surface area (Å²) in [7, 11) is 1.53. The molecule has 0 saturated carbocycles. The molecule has 29 heavy (non-hydrogen) atoms. The van der Waals surface area contributed by atoms with Crippen LogP contribution in [0.2, 0.25) is 0 Å². The number of halogens is 3. The van der Waals surface area contributed by atoms with Crippen molar-refractivity contribution in [3.05, 3.63) is 83.9 Å². The first-order chi connectivity index (χ1) is 13.9. The number of hydrogen-bond donors (Lipinski definition) is 1. The summed E-state index contributed by atoms with van der Waals surface area (Å²) in [5.41, 5.74) is 3.46. The molecule has 3 aromatic carbocycles. The molecule has 0 radical (unpaired) electrons. The van der Waals surface area contributed by atoms with Crippen molar-refractivity contribution in [2.75, 3.05) is 7.11 Å². The van der Waals surface area contributed by atoms with E-state index in [1.165, 1.54) is 30.9 Å². The second kappa shape index (κ2) is 9.01. The van der Waals surface area contributed by atoms with Crippen LogP contribution in [0.3, 0.4) is 0 Å². The van der Waals surface area contributed by atoms with Gasteiger partial charge in [0.1, 0.15) is 11.5 Å². The van der Waals surface area contributed by atoms with E-state index in [-0.39, 0.29) is 11.8 Å². The molecule has 0 amide bonds. The first-order valence-corrected chi connectivity index (χ1v) is 9.17. The molecule has 0 aliphatic carbocycles. The second-order valence-electron chi connectivity index (χ2n) is 6.62. The normalized spacial score (nSPS) is 12.4. The smallest absolute Gasteiger partial charge is 0.496 e. The molecule has 0 unspecified atom stereocenters. The zero-order chi connectivity index (χ0) is 20.9. The number of alkyl halides is 3. The van der Waals surface area contributed by atoms with Gasteiger partial charge in [-0.2, -0.15) is 0 Å². The average Bonchev–Trinajstić information content (AvgIpc) is 2.71. The Morgan fingerprint density at radius 1 is 0.931 bits per heavy atom. The molecule has 1 N–H and O–H groups in total. The molecule has 0 saturated heterocycles. The summed E-state index contributed by atoms with van der Waals surface area (Å²) in [6, 6.07) is 21.8. The lowest BCUT2D eigenvalue weighted by Gasteiger charge is -2.16. The Kier molecular flexibility index (Phi) is 6.44. The monoisotopic (exact) mass is 401 g/mol. The number of ether oxygens (including phenoxy) is 2. The van der Waals surface area contributed by atoms with E-state index < -0.39 is 6.36 Å². The maximum Gasteiger partial charge on any atom is 0.573 e. The maximum absolute atomic E-state index is 12.5. The third-order valence-electron chi connectivity index (χ3n) is 4.55. The van der Waals surface area contributed by atoms with E-state index in [0.29, 0.717) is 23.4 Å². The van der Waals surface area contributed by atoms with Crippen molar-refractivity contribution >= 4 is 0 Å². The average molecular weight is 401 g/mol. The van der Waals surface area contributed by atoms with Crippen molar-refractivity contribution in [1.82, 2.24) is 5.32 Å². The third kappa shape index (κ3) is 5.74. The fourth-order valence-electron chi connectivity index (χ4n) is 3.08. The summed E-state index contributed by atoms with van der Waals surface area (Å²) in [5, 5.41) is 3.46. The summed E-state index contributed by atoms with van der Waals surface area (Å²) in [5.74, 6) is 0.312. The first kappa shape index (κ1) is 20.7. The lowest BCUT2D eigenvalue weighted by atomic mass is 10.0. The van der Waals surface area contributed by atoms with E-state index in [1.54, 1.807) is 6.07 Å². The van der Waals surface area contributed by atoms with Gasteiger partial charge in [0, 0.05) is 18.2 Å². The maximum atomic E-state index is 12.5. The van der Waals surface area contributed by atoms with Gasteiger partial charge >= 0.3 is 6.36 Å². The van der Waals surface area contributed by atoms with E-state index in [9.17, 15) is 13.2 Å². The lowest BCUT2D eigenvalue weighted by Crippen LogP contribution is -2.18. The van der Waals surface area contributed by atoms with Gasteiger partial charge in [0.15, 0.2) is 0 Å². The zero-order valence-electron chi connectivity index (χ0n) is 16.2. The minimum Gasteiger partial charge on any atom is -0.496 e. The molecule has 3 rings (SSSR count). The van der Waals surface area contributed by atoms with E-state index in [2.05, 4.69) is 29.1 Å². The molecule has 0 aliphatic heterocycles. The van der Waals surface area contributed by atoms with Crippen LogP contribution in [0.5, 0.6) is 11.5 Å². The van der Waals surface area contributed by atoms with Crippen molar-refractivity contribution in [3.63, 3.8) is 0 Å². The van der Waals surface area contributed by atoms with Crippen molar-refractivity contribution in [1.29, 1.82) is 0 Å². The van der Waals surface area contributed by atoms with Crippen LogP contribution >= 0.6 is 0 Å². The van der Waals surface area contributed by atoms with Gasteiger partial charge in [0.2, 0.25) is 0 Å². The van der Waals surface area contributed by atoms with Gasteiger partial charge in [-0.25, -0.2) is 0 Å². The number of hydrogen-bond acceptors (Lipinski definition) is 3. The Bertz CT molecular complexity index is 942. The van der Waals surface area contributed by atoms with Gasteiger partial charge in [-0.3, -0.25) is 0 Å². The van der Waals surface area contributed by atoms with Gasteiger partial charge in [0.25, 0.3) is 0 Å². The number of benzene rings is 3. The molecular formula is C23H22F3NO2. The molecule has 152 valence electrons. The molecule has 0 aromatic heterocycles. The highest BCUT2D eigenvalue weighted by molar-refractivity contribution is 5.72. The molecule has 0 spiro atoms. The van der Waals surface area contributed by atoms with E-state index in [0.717, 1.165) is 5.56 Å². The van der Waals surface area contributed by atoms with Crippen LogP contribution in [0.15, 0.2) is 72.8 Å². The molecule has 6 heteroatoms. The van der Waals surface area contributed by atoms with E-state index in [4.69, 9.17) is 4.74 Å². The summed E-state index contributed by atoms with van der Waals surface area (Å²) >= 11 is 0. The Balaban J connectivity index is 1.81. The Hall–Kier alpha value is -2.99. The highest BCUT2D eigenvalue weighted by atomic mass is 19.4. The Morgan fingerprint density at radius 3 is 2.38 bits per heavy atom. The van der Waals surface area contributed by atoms with E-state index in [1.807, 2.05) is 36.4 Å². The summed E-state index contributed by atoms with van der Waals surface area (Å²) in [6.45, 7) is 2.68. The van der Waals surface area contributed by atoms with Gasteiger partial charge in [-0.05, 0) is 47.9 Å². The highest BCUT2D eigenvalue weighted by Gasteiger charge is 2.31. The van der Waals surface area contributed by atoms with Crippen molar-refractivity contribution in [2.24, 2.45) is 0 Å². The minimum atomic E-state index is -4.73. The standard InChI is InChI=1S/C23H22F3NO2/c1-16(18-7-4-3-5-8-18)27-15-17-11-12-22(28-2)21(13-17)19-9-6-10-20(14-19)29-23(24,25)26/h3-14,16,27H,15H2,1-2H3/t16-/m1/s1. The van der Waals surface area contributed by atoms with Crippen LogP contribution in [0, 0.1) is 0 Å². The predicted molar refractivity (Wildman–Crippen MR) is 107 cm³/mol. The Morgan fingerprint density at radius 2 is 1.69 bits per heavy atom. The zero-order valence-corrected chi connectivity index (χ0v) is 16.2. The highest BCUT2D eigenvalue weighted by Crippen LogP contribution is 2.34. The van der Waals surface area contributed by atoms with Gasteiger partial charge in [-0.1, -0.05) is 48.5 Å². The Labute approximate surface area is 168 Å². The number of nitrogens with one attached hydrogen (secondary N) is 1. The number of methoxy groups -OCH3 is 1. The largest absolute Gasteiger partial charge is 0.573 e.